The van der Waals surface area contributed by atoms with E-state index < -0.39 is 0 Å². The summed E-state index contributed by atoms with van der Waals surface area (Å²) in [6.07, 6.45) is 4.10. The molecule has 1 nitrogen and oxygen atoms in total. The van der Waals surface area contributed by atoms with Gasteiger partial charge in [0, 0.05) is 0 Å². The van der Waals surface area contributed by atoms with Crippen LogP contribution < -0.4 is 5.32 Å². The van der Waals surface area contributed by atoms with Crippen LogP contribution in [0, 0.1) is 11.8 Å². The smallest absolute Gasteiger partial charge is 0.00179 e. The van der Waals surface area contributed by atoms with E-state index in [-0.39, 0.29) is 0 Å². The van der Waals surface area contributed by atoms with E-state index in [1.54, 1.807) is 0 Å². The van der Waals surface area contributed by atoms with E-state index in [1.165, 1.54) is 32.4 Å². The van der Waals surface area contributed by atoms with Crippen LogP contribution in [-0.2, 0) is 0 Å². The fourth-order valence-corrected chi connectivity index (χ4v) is 1.27. The highest BCUT2D eigenvalue weighted by molar-refractivity contribution is 4.83. The van der Waals surface area contributed by atoms with E-state index in [0.717, 1.165) is 11.8 Å². The van der Waals surface area contributed by atoms with Crippen LogP contribution >= 0.6 is 0 Å². The Labute approximate surface area is 64.2 Å². The fraction of sp³-hybridized carbons (Fsp3) is 1.00. The molecule has 60 valence electrons. The van der Waals surface area contributed by atoms with Crippen LogP contribution in [-0.4, -0.2) is 13.1 Å². The highest BCUT2D eigenvalue weighted by Crippen LogP contribution is 2.36. The molecule has 0 spiro atoms. The van der Waals surface area contributed by atoms with Crippen molar-refractivity contribution in [3.05, 3.63) is 0 Å². The topological polar surface area (TPSA) is 12.0 Å². The number of hydrogen-bond donors (Lipinski definition) is 1. The van der Waals surface area contributed by atoms with Crippen LogP contribution in [0.2, 0.25) is 0 Å². The molecule has 0 radical (unpaired) electrons. The Morgan fingerprint density at radius 3 is 2.70 bits per heavy atom. The van der Waals surface area contributed by atoms with E-state index in [2.05, 4.69) is 19.2 Å². The first kappa shape index (κ1) is 8.06. The molecule has 1 fully saturated rings. The Kier molecular flexibility index (Phi) is 3.20. The van der Waals surface area contributed by atoms with Crippen LogP contribution in [0.5, 0.6) is 0 Å². The van der Waals surface area contributed by atoms with Crippen LogP contribution in [0.1, 0.15) is 33.1 Å². The minimum Gasteiger partial charge on any atom is -0.316 e. The lowest BCUT2D eigenvalue weighted by Gasteiger charge is -2.00. The molecule has 1 rings (SSSR count). The van der Waals surface area contributed by atoms with Crippen LogP contribution in [0.3, 0.4) is 0 Å². The summed E-state index contributed by atoms with van der Waals surface area (Å²) in [5.74, 6) is 2.02. The first-order valence-electron chi connectivity index (χ1n) is 4.55. The lowest BCUT2D eigenvalue weighted by Crippen LogP contribution is -2.18. The van der Waals surface area contributed by atoms with Gasteiger partial charge in [0.05, 0.1) is 0 Å². The van der Waals surface area contributed by atoms with E-state index >= 15 is 0 Å². The van der Waals surface area contributed by atoms with E-state index in [4.69, 9.17) is 0 Å². The predicted molar refractivity (Wildman–Crippen MR) is 45.0 cm³/mol. The monoisotopic (exact) mass is 141 g/mol. The van der Waals surface area contributed by atoms with Crippen molar-refractivity contribution < 1.29 is 0 Å². The van der Waals surface area contributed by atoms with Crippen molar-refractivity contribution in [1.29, 1.82) is 0 Å². The maximum atomic E-state index is 3.48. The highest BCUT2D eigenvalue weighted by atomic mass is 14.9. The molecule has 0 bridgehead atoms. The number of nitrogens with one attached hydrogen (secondary N) is 1. The molecular weight excluding hydrogens is 122 g/mol. The summed E-state index contributed by atoms with van der Waals surface area (Å²) in [6, 6.07) is 0. The Morgan fingerprint density at radius 2 is 2.20 bits per heavy atom. The quantitative estimate of drug-likeness (QED) is 0.578. The second-order valence-corrected chi connectivity index (χ2v) is 3.53. The largest absolute Gasteiger partial charge is 0.316 e. The molecule has 0 heterocycles. The summed E-state index contributed by atoms with van der Waals surface area (Å²) >= 11 is 0. The summed E-state index contributed by atoms with van der Waals surface area (Å²) in [7, 11) is 0. The van der Waals surface area contributed by atoms with Gasteiger partial charge in [0.15, 0.2) is 0 Å². The highest BCUT2D eigenvalue weighted by Gasteiger charge is 2.31. The molecule has 0 aromatic rings. The Morgan fingerprint density at radius 1 is 1.50 bits per heavy atom. The van der Waals surface area contributed by atoms with Crippen molar-refractivity contribution in [2.45, 2.75) is 33.1 Å². The minimum absolute atomic E-state index is 1.01. The Balaban J connectivity index is 1.78. The molecule has 0 aromatic carbocycles. The molecule has 1 saturated carbocycles. The second kappa shape index (κ2) is 3.97. The van der Waals surface area contributed by atoms with Gasteiger partial charge in [-0.3, -0.25) is 0 Å². The number of rotatable bonds is 5. The SMILES string of the molecule is CCCCNCC1CC1C. The first-order valence-corrected chi connectivity index (χ1v) is 4.55. The van der Waals surface area contributed by atoms with Crippen molar-refractivity contribution in [3.8, 4) is 0 Å². The van der Waals surface area contributed by atoms with Gasteiger partial charge in [0.2, 0.25) is 0 Å². The third-order valence-electron chi connectivity index (χ3n) is 2.39. The maximum absolute atomic E-state index is 3.48. The minimum atomic E-state index is 1.01. The Bertz CT molecular complexity index is 90.7. The van der Waals surface area contributed by atoms with E-state index in [0.29, 0.717) is 0 Å². The first-order chi connectivity index (χ1) is 4.84. The van der Waals surface area contributed by atoms with Crippen molar-refractivity contribution >= 4 is 0 Å². The number of hydrogen-bond acceptors (Lipinski definition) is 1. The van der Waals surface area contributed by atoms with Gasteiger partial charge in [-0.15, -0.1) is 0 Å². The maximum Gasteiger partial charge on any atom is -0.00179 e. The van der Waals surface area contributed by atoms with Gasteiger partial charge >= 0.3 is 0 Å². The van der Waals surface area contributed by atoms with Gasteiger partial charge in [0.1, 0.15) is 0 Å². The van der Waals surface area contributed by atoms with Crippen molar-refractivity contribution in [2.24, 2.45) is 11.8 Å². The van der Waals surface area contributed by atoms with E-state index in [1.807, 2.05) is 0 Å². The molecular formula is C9H19N. The van der Waals surface area contributed by atoms with Crippen LogP contribution in [0.15, 0.2) is 0 Å². The third kappa shape index (κ3) is 2.70. The molecule has 10 heavy (non-hydrogen) atoms. The fourth-order valence-electron chi connectivity index (χ4n) is 1.27. The van der Waals surface area contributed by atoms with Crippen molar-refractivity contribution in [1.82, 2.24) is 5.32 Å². The summed E-state index contributed by atoms with van der Waals surface area (Å²) in [5, 5.41) is 3.48. The van der Waals surface area contributed by atoms with Crippen molar-refractivity contribution in [3.63, 3.8) is 0 Å². The lowest BCUT2D eigenvalue weighted by molar-refractivity contribution is 0.589. The van der Waals surface area contributed by atoms with Crippen LogP contribution in [0.4, 0.5) is 0 Å². The summed E-state index contributed by atoms with van der Waals surface area (Å²) < 4.78 is 0. The molecule has 1 aliphatic rings. The van der Waals surface area contributed by atoms with Gasteiger partial charge in [-0.25, -0.2) is 0 Å². The standard InChI is InChI=1S/C9H19N/c1-3-4-5-10-7-9-6-8(9)2/h8-10H,3-7H2,1-2H3. The van der Waals surface area contributed by atoms with Gasteiger partial charge < -0.3 is 5.32 Å². The summed E-state index contributed by atoms with van der Waals surface area (Å²) in [5.41, 5.74) is 0. The zero-order valence-corrected chi connectivity index (χ0v) is 7.19. The molecule has 1 N–H and O–H groups in total. The number of unbranched alkanes of at least 4 members (excludes halogenated alkanes) is 1. The normalized spacial score (nSPS) is 30.6. The van der Waals surface area contributed by atoms with Gasteiger partial charge in [-0.05, 0) is 37.8 Å². The predicted octanol–water partition coefficient (Wildman–Crippen LogP) is 2.03. The average molecular weight is 141 g/mol. The van der Waals surface area contributed by atoms with Crippen LogP contribution in [0.25, 0.3) is 0 Å². The molecule has 1 heteroatoms. The molecule has 0 amide bonds. The van der Waals surface area contributed by atoms with E-state index in [9.17, 15) is 0 Å². The zero-order chi connectivity index (χ0) is 7.40. The third-order valence-corrected chi connectivity index (χ3v) is 2.39. The lowest BCUT2D eigenvalue weighted by atomic mass is 10.3. The van der Waals surface area contributed by atoms with Gasteiger partial charge in [-0.2, -0.15) is 0 Å². The van der Waals surface area contributed by atoms with Gasteiger partial charge in [0.25, 0.3) is 0 Å². The van der Waals surface area contributed by atoms with Crippen molar-refractivity contribution in [2.75, 3.05) is 13.1 Å². The van der Waals surface area contributed by atoms with Gasteiger partial charge in [-0.1, -0.05) is 20.3 Å². The molecule has 0 aromatic heterocycles. The summed E-state index contributed by atoms with van der Waals surface area (Å²) in [6.45, 7) is 7.06. The molecule has 2 unspecified atom stereocenters. The average Bonchev–Trinajstić information content (AvgIpc) is 2.60. The molecule has 0 aliphatic heterocycles. The molecule has 1 aliphatic carbocycles. The zero-order valence-electron chi connectivity index (χ0n) is 7.19. The Hall–Kier alpha value is -0.0400. The molecule has 0 saturated heterocycles. The second-order valence-electron chi connectivity index (χ2n) is 3.53. The molecule has 2 atom stereocenters. The summed E-state index contributed by atoms with van der Waals surface area (Å²) in [4.78, 5) is 0.